The Balaban J connectivity index is -0.000000405. The summed E-state index contributed by atoms with van der Waals surface area (Å²) in [6, 6.07) is -0.457. The zero-order chi connectivity index (χ0) is 8.15. The van der Waals surface area contributed by atoms with Crippen LogP contribution in [0.2, 0.25) is 0 Å². The molecule has 10 N–H and O–H groups in total. The lowest BCUT2D eigenvalue weighted by Crippen LogP contribution is -2.31. The van der Waals surface area contributed by atoms with E-state index in [4.69, 9.17) is 11.5 Å². The highest BCUT2D eigenvalue weighted by Gasteiger charge is 2.07. The first-order valence-corrected chi connectivity index (χ1v) is 3.08. The van der Waals surface area contributed by atoms with E-state index in [-0.39, 0.29) is 24.4 Å². The van der Waals surface area contributed by atoms with Crippen LogP contribution in [0.3, 0.4) is 0 Å². The highest BCUT2D eigenvalue weighted by molar-refractivity contribution is 5.21. The van der Waals surface area contributed by atoms with Crippen LogP contribution in [0.15, 0.2) is 37.5 Å². The van der Waals surface area contributed by atoms with Gasteiger partial charge in [-0.3, -0.25) is 0 Å². The molecule has 0 bridgehead atoms. The third-order valence-corrected chi connectivity index (χ3v) is 1.36. The molecule has 0 aliphatic rings. The van der Waals surface area contributed by atoms with E-state index in [1.54, 1.807) is 12.2 Å². The zero-order valence-electron chi connectivity index (χ0n) is 7.50. The minimum atomic E-state index is -0.229. The van der Waals surface area contributed by atoms with Gasteiger partial charge in [0.05, 0.1) is 0 Å². The average Bonchev–Trinajstić information content (AvgIpc) is 2.00. The molecule has 0 spiro atoms. The van der Waals surface area contributed by atoms with E-state index in [0.717, 1.165) is 5.57 Å². The van der Waals surface area contributed by atoms with Gasteiger partial charge in [-0.1, -0.05) is 18.7 Å². The van der Waals surface area contributed by atoms with Crippen LogP contribution in [0.1, 0.15) is 0 Å². The van der Waals surface area contributed by atoms with Crippen molar-refractivity contribution in [2.75, 3.05) is 0 Å². The molecule has 0 aromatic carbocycles. The fourth-order valence-electron chi connectivity index (χ4n) is 0.525. The molecule has 0 amide bonds. The number of hydrogen-bond acceptors (Lipinski definition) is 4. The van der Waals surface area contributed by atoms with Gasteiger partial charge in [0.15, 0.2) is 0 Å². The van der Waals surface area contributed by atoms with Crippen molar-refractivity contribution in [2.45, 2.75) is 12.1 Å². The number of hydrogen-bond donors (Lipinski definition) is 4. The van der Waals surface area contributed by atoms with Crippen molar-refractivity contribution in [1.82, 2.24) is 12.3 Å². The Kier molecular flexibility index (Phi) is 11.7. The van der Waals surface area contributed by atoms with Gasteiger partial charge >= 0.3 is 0 Å². The van der Waals surface area contributed by atoms with Crippen LogP contribution in [-0.4, -0.2) is 12.1 Å². The molecule has 0 radical (unpaired) electrons. The molecule has 12 heavy (non-hydrogen) atoms. The molecule has 0 saturated carbocycles. The van der Waals surface area contributed by atoms with Crippen LogP contribution >= 0.6 is 0 Å². The Labute approximate surface area is 74.2 Å². The highest BCUT2D eigenvalue weighted by Crippen LogP contribution is 2.02. The second-order valence-corrected chi connectivity index (χ2v) is 2.10. The van der Waals surface area contributed by atoms with Crippen molar-refractivity contribution in [1.29, 1.82) is 0 Å². The van der Waals surface area contributed by atoms with Gasteiger partial charge in [0, 0.05) is 12.1 Å². The van der Waals surface area contributed by atoms with Crippen molar-refractivity contribution in [3.8, 4) is 0 Å². The third-order valence-electron chi connectivity index (χ3n) is 1.36. The van der Waals surface area contributed by atoms with Crippen molar-refractivity contribution in [3.63, 3.8) is 0 Å². The summed E-state index contributed by atoms with van der Waals surface area (Å²) in [5.41, 5.74) is 11.8. The maximum atomic E-state index is 5.55. The summed E-state index contributed by atoms with van der Waals surface area (Å²) in [5.74, 6) is 0. The molecule has 0 fully saturated rings. The second kappa shape index (κ2) is 8.16. The van der Waals surface area contributed by atoms with Gasteiger partial charge < -0.3 is 23.8 Å². The van der Waals surface area contributed by atoms with Gasteiger partial charge in [0.1, 0.15) is 0 Å². The molecule has 4 nitrogen and oxygen atoms in total. The smallest absolute Gasteiger partial charge is 0.0453 e. The molecule has 2 atom stereocenters. The van der Waals surface area contributed by atoms with Crippen LogP contribution in [0, 0.1) is 0 Å². The second-order valence-electron chi connectivity index (χ2n) is 2.10. The summed E-state index contributed by atoms with van der Waals surface area (Å²) in [7, 11) is 0. The molecule has 0 aromatic heterocycles. The van der Waals surface area contributed by atoms with Gasteiger partial charge in [-0.05, 0) is 5.57 Å². The predicted octanol–water partition coefficient (Wildman–Crippen LogP) is 0.893. The Bertz CT molecular complexity index is 137. The van der Waals surface area contributed by atoms with E-state index >= 15 is 0 Å². The predicted molar refractivity (Wildman–Crippen MR) is 55.5 cm³/mol. The number of nitrogens with two attached hydrogens (primary N) is 2. The fourth-order valence-corrected chi connectivity index (χ4v) is 0.525. The maximum absolute atomic E-state index is 5.55. The topological polar surface area (TPSA) is 122 Å². The van der Waals surface area contributed by atoms with Gasteiger partial charge in [0.2, 0.25) is 0 Å². The highest BCUT2D eigenvalue weighted by atomic mass is 14.7. The molecule has 0 aromatic rings. The van der Waals surface area contributed by atoms with Crippen molar-refractivity contribution < 1.29 is 0 Å². The first-order valence-electron chi connectivity index (χ1n) is 3.08. The maximum Gasteiger partial charge on any atom is 0.0453 e. The quantitative estimate of drug-likeness (QED) is 0.470. The first-order chi connectivity index (χ1) is 4.63. The van der Waals surface area contributed by atoms with Crippen molar-refractivity contribution in [3.05, 3.63) is 37.5 Å². The zero-order valence-corrected chi connectivity index (χ0v) is 7.50. The van der Waals surface area contributed by atoms with Gasteiger partial charge in [-0.2, -0.15) is 0 Å². The molecule has 4 heteroatoms. The Hall–Kier alpha value is -0.940. The van der Waals surface area contributed by atoms with E-state index in [1.165, 1.54) is 0 Å². The summed E-state index contributed by atoms with van der Waals surface area (Å²) in [6.45, 7) is 10.7. The normalized spacial score (nSPS) is 12.8. The summed E-state index contributed by atoms with van der Waals surface area (Å²) in [4.78, 5) is 0. The minimum absolute atomic E-state index is 0. The monoisotopic (exact) mass is 172 g/mol. The Morgan fingerprint density at radius 1 is 1.00 bits per heavy atom. The summed E-state index contributed by atoms with van der Waals surface area (Å²) < 4.78 is 0. The van der Waals surface area contributed by atoms with Crippen LogP contribution in [0.4, 0.5) is 0 Å². The van der Waals surface area contributed by atoms with Gasteiger partial charge in [0.25, 0.3) is 0 Å². The SMILES string of the molecule is C=CC(N)C(=C)C(N)C=C.N.N. The lowest BCUT2D eigenvalue weighted by Gasteiger charge is -2.13. The standard InChI is InChI=1S/C8H14N2.2H3N/c1-4-7(9)6(3)8(10)5-2;;/h4-5,7-8H,1-3,9-10H2;2*1H3. The molecule has 2 unspecified atom stereocenters. The molecular formula is C8H20N4. The lowest BCUT2D eigenvalue weighted by atomic mass is 10.0. The largest absolute Gasteiger partial charge is 0.344 e. The van der Waals surface area contributed by atoms with Crippen molar-refractivity contribution in [2.24, 2.45) is 11.5 Å². The summed E-state index contributed by atoms with van der Waals surface area (Å²) >= 11 is 0. The Morgan fingerprint density at radius 3 is 1.42 bits per heavy atom. The van der Waals surface area contributed by atoms with E-state index in [1.807, 2.05) is 0 Å². The van der Waals surface area contributed by atoms with E-state index in [2.05, 4.69) is 19.7 Å². The molecule has 0 aliphatic heterocycles. The molecular weight excluding hydrogens is 152 g/mol. The van der Waals surface area contributed by atoms with E-state index in [0.29, 0.717) is 0 Å². The molecule has 0 heterocycles. The summed E-state index contributed by atoms with van der Waals surface area (Å²) in [5, 5.41) is 0. The van der Waals surface area contributed by atoms with Crippen LogP contribution in [-0.2, 0) is 0 Å². The first kappa shape index (κ1) is 17.2. The molecule has 0 aliphatic carbocycles. The average molecular weight is 172 g/mol. The fraction of sp³-hybridized carbons (Fsp3) is 0.250. The van der Waals surface area contributed by atoms with Crippen molar-refractivity contribution >= 4 is 0 Å². The van der Waals surface area contributed by atoms with Crippen LogP contribution < -0.4 is 23.8 Å². The molecule has 0 rings (SSSR count). The molecule has 72 valence electrons. The lowest BCUT2D eigenvalue weighted by molar-refractivity contribution is 0.832. The van der Waals surface area contributed by atoms with Gasteiger partial charge in [-0.15, -0.1) is 13.2 Å². The van der Waals surface area contributed by atoms with Crippen LogP contribution in [0.5, 0.6) is 0 Å². The third kappa shape index (κ3) is 4.81. The molecule has 0 saturated heterocycles. The number of rotatable bonds is 4. The van der Waals surface area contributed by atoms with E-state index < -0.39 is 0 Å². The van der Waals surface area contributed by atoms with Crippen LogP contribution in [0.25, 0.3) is 0 Å². The summed E-state index contributed by atoms with van der Waals surface area (Å²) in [6.07, 6.45) is 3.21. The van der Waals surface area contributed by atoms with Gasteiger partial charge in [-0.25, -0.2) is 0 Å². The Morgan fingerprint density at radius 2 is 1.25 bits per heavy atom. The van der Waals surface area contributed by atoms with E-state index in [9.17, 15) is 0 Å². The minimum Gasteiger partial charge on any atom is -0.344 e.